The van der Waals surface area contributed by atoms with Gasteiger partial charge in [0.05, 0.1) is 32.2 Å². The summed E-state index contributed by atoms with van der Waals surface area (Å²) in [6, 6.07) is 19.8. The van der Waals surface area contributed by atoms with Crippen LogP contribution in [0.25, 0.3) is 10.8 Å². The van der Waals surface area contributed by atoms with Crippen molar-refractivity contribution in [3.05, 3.63) is 71.8 Å². The highest BCUT2D eigenvalue weighted by Crippen LogP contribution is 2.30. The van der Waals surface area contributed by atoms with E-state index in [9.17, 15) is 4.79 Å². The average molecular weight is 434 g/mol. The Morgan fingerprint density at radius 2 is 1.87 bits per heavy atom. The normalized spacial score (nSPS) is 17.8. The summed E-state index contributed by atoms with van der Waals surface area (Å²) in [6.07, 6.45) is 1.62. The van der Waals surface area contributed by atoms with Crippen LogP contribution in [0.4, 0.5) is 0 Å². The number of fused-ring (bicyclic) bond motifs is 1. The van der Waals surface area contributed by atoms with E-state index in [-0.39, 0.29) is 11.2 Å². The average Bonchev–Trinajstić information content (AvgIpc) is 3.07. The van der Waals surface area contributed by atoms with Gasteiger partial charge in [-0.3, -0.25) is 9.69 Å². The molecule has 1 fully saturated rings. The first-order valence-electron chi connectivity index (χ1n) is 9.88. The molecule has 7 heteroatoms. The van der Waals surface area contributed by atoms with Crippen LogP contribution in [0.3, 0.4) is 0 Å². The van der Waals surface area contributed by atoms with Gasteiger partial charge < -0.3 is 9.47 Å². The van der Waals surface area contributed by atoms with E-state index in [0.29, 0.717) is 23.2 Å². The Labute approximate surface area is 185 Å². The molecule has 1 atom stereocenters. The van der Waals surface area contributed by atoms with Crippen LogP contribution in [0.5, 0.6) is 11.5 Å². The second-order valence-corrected chi connectivity index (χ2v) is 8.37. The summed E-state index contributed by atoms with van der Waals surface area (Å²) in [4.78, 5) is 14.5. The molecule has 0 unspecified atom stereocenters. The van der Waals surface area contributed by atoms with Gasteiger partial charge in [0.1, 0.15) is 11.5 Å². The van der Waals surface area contributed by atoms with Crippen LogP contribution >= 0.6 is 11.8 Å². The van der Waals surface area contributed by atoms with E-state index in [1.54, 1.807) is 31.4 Å². The third-order valence-electron chi connectivity index (χ3n) is 5.12. The van der Waals surface area contributed by atoms with Crippen LogP contribution in [0, 0.1) is 0 Å². The lowest BCUT2D eigenvalue weighted by molar-refractivity contribution is -0.126. The summed E-state index contributed by atoms with van der Waals surface area (Å²) in [5.41, 5.74) is 1.85. The molecule has 0 aliphatic carbocycles. The molecule has 3 aromatic carbocycles. The van der Waals surface area contributed by atoms with Crippen LogP contribution in [-0.2, 0) is 11.3 Å². The number of amidine groups is 1. The van der Waals surface area contributed by atoms with Gasteiger partial charge >= 0.3 is 0 Å². The molecule has 31 heavy (non-hydrogen) atoms. The maximum atomic E-state index is 12.8. The summed E-state index contributed by atoms with van der Waals surface area (Å²) in [7, 11) is 3.20. The van der Waals surface area contributed by atoms with Crippen molar-refractivity contribution in [1.29, 1.82) is 0 Å². The number of hydrogen-bond acceptors (Lipinski definition) is 6. The maximum absolute atomic E-state index is 12.8. The zero-order valence-electron chi connectivity index (χ0n) is 17.6. The summed E-state index contributed by atoms with van der Waals surface area (Å²) in [6.45, 7) is 2.35. The molecule has 158 valence electrons. The minimum absolute atomic E-state index is 0.0360. The van der Waals surface area contributed by atoms with Crippen molar-refractivity contribution >= 4 is 39.8 Å². The Balaban J connectivity index is 1.60. The maximum Gasteiger partial charge on any atom is 0.242 e. The summed E-state index contributed by atoms with van der Waals surface area (Å²) in [5, 5.41) is 11.3. The fourth-order valence-corrected chi connectivity index (χ4v) is 4.40. The van der Waals surface area contributed by atoms with Crippen molar-refractivity contribution in [2.45, 2.75) is 18.7 Å². The van der Waals surface area contributed by atoms with Crippen molar-refractivity contribution in [2.24, 2.45) is 10.2 Å². The summed E-state index contributed by atoms with van der Waals surface area (Å²) >= 11 is 1.42. The topological polar surface area (TPSA) is 63.5 Å². The van der Waals surface area contributed by atoms with Gasteiger partial charge in [-0.1, -0.05) is 54.2 Å². The minimum atomic E-state index is -0.195. The number of benzene rings is 3. The predicted octanol–water partition coefficient (Wildman–Crippen LogP) is 4.71. The Kier molecular flexibility index (Phi) is 6.23. The number of nitrogens with zero attached hydrogens (tertiary/aromatic N) is 3. The Hall–Kier alpha value is -3.32. The molecule has 0 aromatic heterocycles. The Bertz CT molecular complexity index is 1170. The highest BCUT2D eigenvalue weighted by Gasteiger charge is 2.35. The zero-order chi connectivity index (χ0) is 21.8. The second-order valence-electron chi connectivity index (χ2n) is 7.06. The molecule has 4 rings (SSSR count). The zero-order valence-corrected chi connectivity index (χ0v) is 18.4. The molecule has 0 saturated carbocycles. The molecular weight excluding hydrogens is 410 g/mol. The first-order chi connectivity index (χ1) is 15.1. The van der Waals surface area contributed by atoms with Gasteiger partial charge in [-0.25, -0.2) is 0 Å². The van der Waals surface area contributed by atoms with E-state index in [1.165, 1.54) is 11.8 Å². The summed E-state index contributed by atoms with van der Waals surface area (Å²) < 4.78 is 10.6. The predicted molar refractivity (Wildman–Crippen MR) is 126 cm³/mol. The standard InChI is InChI=1S/C24H23N3O3S/c1-16-23(28)27(15-19-9-6-8-17-7-4-5-10-21(17)19)24(31-16)26-25-14-18-11-12-20(29-2)13-22(18)30-3/h4-14,16H,15H2,1-3H3/b25-14-,26-24+/t16-/m1/s1. The minimum Gasteiger partial charge on any atom is -0.497 e. The van der Waals surface area contributed by atoms with Gasteiger partial charge in [-0.2, -0.15) is 5.10 Å². The first-order valence-corrected chi connectivity index (χ1v) is 10.8. The molecule has 0 bridgehead atoms. The van der Waals surface area contributed by atoms with Gasteiger partial charge in [0.2, 0.25) is 5.91 Å². The third kappa shape index (κ3) is 4.41. The second kappa shape index (κ2) is 9.22. The highest BCUT2D eigenvalue weighted by molar-refractivity contribution is 8.15. The number of ether oxygens (including phenoxy) is 2. The largest absolute Gasteiger partial charge is 0.497 e. The SMILES string of the molecule is COc1ccc(/C=N\N=C2\S[C@H](C)C(=O)N2Cc2cccc3ccccc23)c(OC)c1. The number of methoxy groups -OCH3 is 2. The smallest absolute Gasteiger partial charge is 0.242 e. The molecule has 1 heterocycles. The van der Waals surface area contributed by atoms with E-state index in [1.807, 2.05) is 43.3 Å². The lowest BCUT2D eigenvalue weighted by Crippen LogP contribution is -2.30. The van der Waals surface area contributed by atoms with Crippen LogP contribution in [-0.4, -0.2) is 41.7 Å². The van der Waals surface area contributed by atoms with E-state index in [2.05, 4.69) is 28.4 Å². The Morgan fingerprint density at radius 3 is 2.68 bits per heavy atom. The highest BCUT2D eigenvalue weighted by atomic mass is 32.2. The molecule has 1 aliphatic rings. The van der Waals surface area contributed by atoms with Gasteiger partial charge in [0, 0.05) is 11.6 Å². The molecule has 0 N–H and O–H groups in total. The quantitative estimate of drug-likeness (QED) is 0.417. The van der Waals surface area contributed by atoms with Gasteiger partial charge in [-0.05, 0) is 35.4 Å². The molecule has 0 radical (unpaired) electrons. The lowest BCUT2D eigenvalue weighted by Gasteiger charge is -2.17. The van der Waals surface area contributed by atoms with E-state index < -0.39 is 0 Å². The number of hydrogen-bond donors (Lipinski definition) is 0. The van der Waals surface area contributed by atoms with Crippen molar-refractivity contribution in [1.82, 2.24) is 4.90 Å². The third-order valence-corrected chi connectivity index (χ3v) is 6.18. The number of carbonyl (C=O) groups excluding carboxylic acids is 1. The monoisotopic (exact) mass is 433 g/mol. The van der Waals surface area contributed by atoms with Gasteiger partial charge in [0.15, 0.2) is 5.17 Å². The van der Waals surface area contributed by atoms with Crippen molar-refractivity contribution in [3.8, 4) is 11.5 Å². The Morgan fingerprint density at radius 1 is 1.06 bits per heavy atom. The van der Waals surface area contributed by atoms with Crippen molar-refractivity contribution < 1.29 is 14.3 Å². The molecular formula is C24H23N3O3S. The molecule has 0 spiro atoms. The van der Waals surface area contributed by atoms with E-state index in [0.717, 1.165) is 21.9 Å². The number of rotatable bonds is 6. The summed E-state index contributed by atoms with van der Waals surface area (Å²) in [5.74, 6) is 1.38. The molecule has 1 aliphatic heterocycles. The van der Waals surface area contributed by atoms with Gasteiger partial charge in [-0.15, -0.1) is 5.10 Å². The number of amides is 1. The molecule has 1 amide bonds. The fraction of sp³-hybridized carbons (Fsp3) is 0.208. The molecule has 6 nitrogen and oxygen atoms in total. The fourth-order valence-electron chi connectivity index (χ4n) is 3.48. The van der Waals surface area contributed by atoms with Crippen LogP contribution in [0.15, 0.2) is 70.9 Å². The number of thioether (sulfide) groups is 1. The van der Waals surface area contributed by atoms with Crippen LogP contribution in [0.2, 0.25) is 0 Å². The van der Waals surface area contributed by atoms with Crippen molar-refractivity contribution in [2.75, 3.05) is 14.2 Å². The van der Waals surface area contributed by atoms with E-state index in [4.69, 9.17) is 9.47 Å². The van der Waals surface area contributed by atoms with Gasteiger partial charge in [0.25, 0.3) is 0 Å². The number of carbonyl (C=O) groups is 1. The molecule has 1 saturated heterocycles. The lowest BCUT2D eigenvalue weighted by atomic mass is 10.0. The first kappa shape index (κ1) is 20.9. The van der Waals surface area contributed by atoms with Crippen molar-refractivity contribution in [3.63, 3.8) is 0 Å². The molecule has 3 aromatic rings. The van der Waals surface area contributed by atoms with Crippen LogP contribution < -0.4 is 9.47 Å². The van der Waals surface area contributed by atoms with Crippen LogP contribution in [0.1, 0.15) is 18.1 Å². The van der Waals surface area contributed by atoms with E-state index >= 15 is 0 Å².